The number of aliphatic hydroxyl groups excluding tert-OH is 2. The molecule has 49 heavy (non-hydrogen) atoms. The second-order valence-corrected chi connectivity index (χ2v) is 14.4. The SMILES string of the molecule is CC1C(C)C(C)C(c2cccc3c2[N-]CCC3)C1C.CC1C(C)C(C)C(c2cccc3c2[N-]CCC3)C1C.OCCCO.[CH3-].[CH3-].[CH3-].[CH3-].[Ti+3].[Ti+3]. The van der Waals surface area contributed by atoms with Crippen LogP contribution >= 0.6 is 0 Å². The molecule has 8 unspecified atom stereocenters. The Hall–Kier alpha value is -0.611. The van der Waals surface area contributed by atoms with E-state index in [1.807, 2.05) is 0 Å². The average molecular weight is 745 g/mol. The Morgan fingerprint density at radius 3 is 1.08 bits per heavy atom. The zero-order valence-corrected chi connectivity index (χ0v) is 36.5. The van der Waals surface area contributed by atoms with Gasteiger partial charge in [-0.2, -0.15) is 0 Å². The Balaban J connectivity index is -0.000000686. The Morgan fingerprint density at radius 2 is 0.816 bits per heavy atom. The van der Waals surface area contributed by atoms with Crippen molar-refractivity contribution in [3.05, 3.63) is 99.0 Å². The molecule has 2 aliphatic heterocycles. The number of nitrogens with zero attached hydrogens (tertiary/aromatic N) is 2. The van der Waals surface area contributed by atoms with Gasteiger partial charge in [-0.3, -0.25) is 0 Å². The maximum atomic E-state index is 7.91. The fraction of sp³-hybridized carbons (Fsp3) is 0.628. The molecule has 4 nitrogen and oxygen atoms in total. The van der Waals surface area contributed by atoms with Crippen LogP contribution < -0.4 is 0 Å². The summed E-state index contributed by atoms with van der Waals surface area (Å²) in [7, 11) is 0. The van der Waals surface area contributed by atoms with Crippen LogP contribution in [0.1, 0.15) is 109 Å². The molecule has 2 fully saturated rings. The van der Waals surface area contributed by atoms with E-state index in [9.17, 15) is 0 Å². The summed E-state index contributed by atoms with van der Waals surface area (Å²) in [5, 5.41) is 25.5. The summed E-state index contributed by atoms with van der Waals surface area (Å²) >= 11 is 0. The van der Waals surface area contributed by atoms with Crippen LogP contribution in [0.25, 0.3) is 10.6 Å². The Kier molecular flexibility index (Phi) is 26.5. The van der Waals surface area contributed by atoms with Crippen molar-refractivity contribution in [3.8, 4) is 0 Å². The maximum absolute atomic E-state index is 7.91. The molecule has 4 aliphatic rings. The Morgan fingerprint density at radius 1 is 0.510 bits per heavy atom. The van der Waals surface area contributed by atoms with Gasteiger partial charge in [0.05, 0.1) is 0 Å². The van der Waals surface area contributed by atoms with Gasteiger partial charge in [0.1, 0.15) is 0 Å². The van der Waals surface area contributed by atoms with Crippen LogP contribution in [0.2, 0.25) is 0 Å². The first kappa shape index (κ1) is 52.7. The second kappa shape index (κ2) is 24.6. The van der Waals surface area contributed by atoms with Gasteiger partial charge in [-0.15, -0.1) is 24.5 Å². The molecule has 0 spiro atoms. The van der Waals surface area contributed by atoms with Crippen LogP contribution in [0.5, 0.6) is 0 Å². The first-order valence-electron chi connectivity index (χ1n) is 17.4. The van der Waals surface area contributed by atoms with Crippen LogP contribution in [0.3, 0.4) is 0 Å². The zero-order valence-electron chi connectivity index (χ0n) is 33.4. The van der Waals surface area contributed by atoms with Crippen molar-refractivity contribution in [1.29, 1.82) is 0 Å². The molecule has 2 N–H and O–H groups in total. The van der Waals surface area contributed by atoms with Crippen LogP contribution in [0.15, 0.2) is 36.4 Å². The average Bonchev–Trinajstić information content (AvgIpc) is 3.34. The molecule has 0 aromatic heterocycles. The smallest absolute Gasteiger partial charge is 0.684 e. The van der Waals surface area contributed by atoms with Gasteiger partial charge in [0.25, 0.3) is 0 Å². The molecular weight excluding hydrogens is 672 g/mol. The maximum Gasteiger partial charge on any atom is 3.00 e. The van der Waals surface area contributed by atoms with E-state index < -0.39 is 0 Å². The van der Waals surface area contributed by atoms with Crippen LogP contribution in [-0.2, 0) is 56.3 Å². The summed E-state index contributed by atoms with van der Waals surface area (Å²) in [6.07, 6.45) is 5.37. The largest absolute Gasteiger partial charge is 3.00 e. The molecule has 8 atom stereocenters. The van der Waals surface area contributed by atoms with E-state index in [-0.39, 0.29) is 86.4 Å². The monoisotopic (exact) mass is 744 g/mol. The number of rotatable bonds is 4. The normalized spacial score (nSPS) is 30.2. The standard InChI is InChI=1S/2C18H26N.C3H8O2.4CH3.2Ti/c2*1-11-12(2)14(4)17(13(11)3)16-9-5-7-15-8-6-10-19-18(15)16;4-2-1-3-5;;;;;;/h2*5,7,9,11-14,17H,6,8,10H2,1-4H3;4-5H,1-3H2;4*1H3;;/q2*-1;;4*-1;2*+3. The van der Waals surface area contributed by atoms with E-state index >= 15 is 0 Å². The van der Waals surface area contributed by atoms with Crippen molar-refractivity contribution >= 4 is 11.4 Å². The van der Waals surface area contributed by atoms with Gasteiger partial charge >= 0.3 is 43.4 Å². The predicted octanol–water partition coefficient (Wildman–Crippen LogP) is 11.7. The minimum absolute atomic E-state index is 0. The zero-order chi connectivity index (χ0) is 31.3. The fourth-order valence-electron chi connectivity index (χ4n) is 8.85. The number of aryl methyl sites for hydroxylation is 2. The van der Waals surface area contributed by atoms with Gasteiger partial charge in [0.15, 0.2) is 0 Å². The third kappa shape index (κ3) is 11.7. The molecule has 0 bridgehead atoms. The number of para-hydroxylation sites is 2. The van der Waals surface area contributed by atoms with Gasteiger partial charge in [-0.05, 0) is 78.4 Å². The third-order valence-corrected chi connectivity index (χ3v) is 12.3. The van der Waals surface area contributed by atoms with E-state index in [2.05, 4.69) is 91.8 Å². The van der Waals surface area contributed by atoms with Crippen molar-refractivity contribution in [2.45, 2.75) is 99.3 Å². The number of benzene rings is 2. The summed E-state index contributed by atoms with van der Waals surface area (Å²) in [6.45, 7) is 21.7. The summed E-state index contributed by atoms with van der Waals surface area (Å²) in [6, 6.07) is 13.7. The minimum Gasteiger partial charge on any atom is -0.684 e. The minimum atomic E-state index is 0. The summed E-state index contributed by atoms with van der Waals surface area (Å²) in [5.41, 5.74) is 8.73. The van der Waals surface area contributed by atoms with E-state index in [0.29, 0.717) is 18.3 Å². The first-order chi connectivity index (χ1) is 20.6. The quantitative estimate of drug-likeness (QED) is 0.242. The molecule has 0 amide bonds. The van der Waals surface area contributed by atoms with Crippen molar-refractivity contribution in [2.24, 2.45) is 47.3 Å². The van der Waals surface area contributed by atoms with Crippen LogP contribution in [0.4, 0.5) is 11.4 Å². The van der Waals surface area contributed by atoms with Crippen molar-refractivity contribution in [3.63, 3.8) is 0 Å². The number of hydrogen-bond acceptors (Lipinski definition) is 2. The number of aliphatic hydroxyl groups is 2. The summed E-state index contributed by atoms with van der Waals surface area (Å²) < 4.78 is 0. The van der Waals surface area contributed by atoms with E-state index in [0.717, 1.165) is 60.4 Å². The Labute approximate surface area is 335 Å². The van der Waals surface area contributed by atoms with Gasteiger partial charge < -0.3 is 50.6 Å². The molecule has 2 aromatic rings. The van der Waals surface area contributed by atoms with Crippen LogP contribution in [0, 0.1) is 77.0 Å². The fourth-order valence-corrected chi connectivity index (χ4v) is 8.85. The molecule has 2 aliphatic carbocycles. The molecule has 274 valence electrons. The molecule has 6 heteroatoms. The van der Waals surface area contributed by atoms with Gasteiger partial charge in [-0.25, -0.2) is 0 Å². The third-order valence-electron chi connectivity index (χ3n) is 12.3. The number of fused-ring (bicyclic) bond motifs is 2. The summed E-state index contributed by atoms with van der Waals surface area (Å²) in [4.78, 5) is 0. The van der Waals surface area contributed by atoms with Gasteiger partial charge in [-0.1, -0.05) is 127 Å². The predicted molar refractivity (Wildman–Crippen MR) is 209 cm³/mol. The molecule has 6 rings (SSSR count). The van der Waals surface area contributed by atoms with E-state index in [1.165, 1.54) is 59.3 Å². The van der Waals surface area contributed by atoms with Gasteiger partial charge in [0, 0.05) is 13.2 Å². The molecule has 2 heterocycles. The van der Waals surface area contributed by atoms with Crippen molar-refractivity contribution in [2.75, 3.05) is 26.3 Å². The molecule has 2 saturated carbocycles. The molecule has 2 radical (unpaired) electrons. The molecular formula is C43H72N2O2Ti2. The first-order valence-corrected chi connectivity index (χ1v) is 17.4. The van der Waals surface area contributed by atoms with Crippen LogP contribution in [-0.4, -0.2) is 36.5 Å². The molecule has 2 aromatic carbocycles. The van der Waals surface area contributed by atoms with Gasteiger partial charge in [0.2, 0.25) is 0 Å². The van der Waals surface area contributed by atoms with Crippen molar-refractivity contribution in [1.82, 2.24) is 0 Å². The number of hydrogen-bond donors (Lipinski definition) is 2. The second-order valence-electron chi connectivity index (χ2n) is 14.4. The topological polar surface area (TPSA) is 68.7 Å². The van der Waals surface area contributed by atoms with E-state index in [4.69, 9.17) is 20.8 Å². The van der Waals surface area contributed by atoms with E-state index in [1.54, 1.807) is 0 Å². The Bertz CT molecular complexity index is 1060. The van der Waals surface area contributed by atoms with Crippen molar-refractivity contribution < 1.29 is 53.6 Å². The summed E-state index contributed by atoms with van der Waals surface area (Å²) in [5.74, 6) is 7.76. The molecule has 0 saturated heterocycles.